The van der Waals surface area contributed by atoms with Gasteiger partial charge >= 0.3 is 0 Å². The molecule has 2 aromatic heterocycles. The first-order valence-electron chi connectivity index (χ1n) is 8.86. The first-order valence-corrected chi connectivity index (χ1v) is 11.2. The molecule has 0 spiro atoms. The van der Waals surface area contributed by atoms with Gasteiger partial charge in [0.05, 0.1) is 5.69 Å². The summed E-state index contributed by atoms with van der Waals surface area (Å²) in [5, 5.41) is 5.23. The molecule has 0 radical (unpaired) electrons. The lowest BCUT2D eigenvalue weighted by Crippen LogP contribution is -2.32. The van der Waals surface area contributed by atoms with Gasteiger partial charge in [0.1, 0.15) is 10.6 Å². The molecule has 27 heavy (non-hydrogen) atoms. The summed E-state index contributed by atoms with van der Waals surface area (Å²) in [5.41, 5.74) is 1.20. The van der Waals surface area contributed by atoms with E-state index in [1.807, 2.05) is 5.38 Å². The van der Waals surface area contributed by atoms with E-state index in [-0.39, 0.29) is 16.5 Å². The summed E-state index contributed by atoms with van der Waals surface area (Å²) in [5.74, 6) is 0.399. The highest BCUT2D eigenvalue weighted by Crippen LogP contribution is 2.22. The summed E-state index contributed by atoms with van der Waals surface area (Å²) >= 11 is 1.37. The van der Waals surface area contributed by atoms with Gasteiger partial charge in [0.25, 0.3) is 5.91 Å². The number of piperidine rings is 1. The van der Waals surface area contributed by atoms with Crippen molar-refractivity contribution in [3.05, 3.63) is 29.0 Å². The minimum atomic E-state index is -3.59. The Balaban J connectivity index is 1.64. The second kappa shape index (κ2) is 8.09. The number of aromatic nitrogens is 2. The lowest BCUT2D eigenvalue weighted by Gasteiger charge is -2.29. The number of aryl methyl sites for hydroxylation is 1. The zero-order chi connectivity index (χ0) is 19.6. The number of hydrogen-bond acceptors (Lipinski definition) is 6. The average Bonchev–Trinajstić information content (AvgIpc) is 3.23. The SMILES string of the molecule is CNS(=O)(=O)c1cc(C(=O)Nc2nc(CN3CCC(C)CC3)cs2)n(C)c1. The minimum absolute atomic E-state index is 0.0526. The number of thiazole rings is 1. The number of sulfonamides is 1. The van der Waals surface area contributed by atoms with Crippen molar-refractivity contribution in [2.75, 3.05) is 25.5 Å². The molecule has 3 heterocycles. The third-order valence-corrected chi connectivity index (χ3v) is 7.01. The molecule has 0 saturated carbocycles. The molecule has 0 atom stereocenters. The highest BCUT2D eigenvalue weighted by atomic mass is 32.2. The molecular formula is C17H25N5O3S2. The van der Waals surface area contributed by atoms with Crippen LogP contribution in [0.5, 0.6) is 0 Å². The van der Waals surface area contributed by atoms with E-state index in [9.17, 15) is 13.2 Å². The van der Waals surface area contributed by atoms with E-state index in [0.717, 1.165) is 31.2 Å². The smallest absolute Gasteiger partial charge is 0.274 e. The molecule has 2 aromatic rings. The summed E-state index contributed by atoms with van der Waals surface area (Å²) < 4.78 is 27.5. The van der Waals surface area contributed by atoms with Crippen LogP contribution in [0, 0.1) is 5.92 Å². The third-order valence-electron chi connectivity index (χ3n) is 4.83. The molecule has 1 amide bonds. The molecule has 2 N–H and O–H groups in total. The molecule has 8 nitrogen and oxygen atoms in total. The minimum Gasteiger partial charge on any atom is -0.345 e. The Bertz CT molecular complexity index is 911. The Kier molecular flexibility index (Phi) is 5.99. The third kappa shape index (κ3) is 4.75. The van der Waals surface area contributed by atoms with Crippen LogP contribution in [0.25, 0.3) is 0 Å². The number of nitrogens with one attached hydrogen (secondary N) is 2. The van der Waals surface area contributed by atoms with Gasteiger partial charge in [0, 0.05) is 25.2 Å². The molecule has 0 bridgehead atoms. The highest BCUT2D eigenvalue weighted by molar-refractivity contribution is 7.89. The van der Waals surface area contributed by atoms with Crippen LogP contribution in [0.3, 0.4) is 0 Å². The lowest BCUT2D eigenvalue weighted by atomic mass is 9.99. The quantitative estimate of drug-likeness (QED) is 0.757. The largest absolute Gasteiger partial charge is 0.345 e. The van der Waals surface area contributed by atoms with Crippen LogP contribution >= 0.6 is 11.3 Å². The van der Waals surface area contributed by atoms with E-state index in [4.69, 9.17) is 0 Å². The molecule has 1 aliphatic heterocycles. The molecule has 3 rings (SSSR count). The van der Waals surface area contributed by atoms with Gasteiger partial charge in [-0.25, -0.2) is 18.1 Å². The Morgan fingerprint density at radius 2 is 2.07 bits per heavy atom. The highest BCUT2D eigenvalue weighted by Gasteiger charge is 2.20. The maximum atomic E-state index is 12.5. The Morgan fingerprint density at radius 3 is 2.74 bits per heavy atom. The number of hydrogen-bond donors (Lipinski definition) is 2. The predicted molar refractivity (Wildman–Crippen MR) is 105 cm³/mol. The summed E-state index contributed by atoms with van der Waals surface area (Å²) in [7, 11) is -0.623. The van der Waals surface area contributed by atoms with Crippen molar-refractivity contribution in [2.45, 2.75) is 31.2 Å². The monoisotopic (exact) mass is 411 g/mol. The van der Waals surface area contributed by atoms with Gasteiger partial charge < -0.3 is 4.57 Å². The molecular weight excluding hydrogens is 386 g/mol. The van der Waals surface area contributed by atoms with Crippen LogP contribution in [0.4, 0.5) is 5.13 Å². The van der Waals surface area contributed by atoms with Crippen LogP contribution < -0.4 is 10.0 Å². The van der Waals surface area contributed by atoms with Crippen molar-refractivity contribution >= 4 is 32.4 Å². The fourth-order valence-electron chi connectivity index (χ4n) is 3.07. The molecule has 1 fully saturated rings. The molecule has 0 aliphatic carbocycles. The Morgan fingerprint density at radius 1 is 1.37 bits per heavy atom. The van der Waals surface area contributed by atoms with E-state index in [0.29, 0.717) is 5.13 Å². The fourth-order valence-corrected chi connectivity index (χ4v) is 4.57. The van der Waals surface area contributed by atoms with Crippen LogP contribution in [-0.4, -0.2) is 48.9 Å². The van der Waals surface area contributed by atoms with Crippen LogP contribution in [0.1, 0.15) is 35.9 Å². The van der Waals surface area contributed by atoms with Gasteiger partial charge in [0.2, 0.25) is 10.0 Å². The standard InChI is InChI=1S/C17H25N5O3S2/c1-12-4-6-22(7-5-12)9-13-11-26-17(19-13)20-16(23)15-8-14(10-21(15)3)27(24,25)18-2/h8,10-12,18H,4-7,9H2,1-3H3,(H,19,20,23). The van der Waals surface area contributed by atoms with E-state index in [1.165, 1.54) is 48.1 Å². The van der Waals surface area contributed by atoms with E-state index >= 15 is 0 Å². The number of likely N-dealkylation sites (tertiary alicyclic amines) is 1. The van der Waals surface area contributed by atoms with Crippen LogP contribution in [0.2, 0.25) is 0 Å². The van der Waals surface area contributed by atoms with Crippen molar-refractivity contribution in [1.82, 2.24) is 19.2 Å². The Hall–Kier alpha value is -1.75. The summed E-state index contributed by atoms with van der Waals surface area (Å²) in [4.78, 5) is 19.4. The number of amides is 1. The summed E-state index contributed by atoms with van der Waals surface area (Å²) in [6, 6.07) is 1.35. The number of rotatable bonds is 6. The normalized spacial score (nSPS) is 16.6. The zero-order valence-electron chi connectivity index (χ0n) is 15.7. The van der Waals surface area contributed by atoms with Crippen LogP contribution in [-0.2, 0) is 23.6 Å². The molecule has 0 aromatic carbocycles. The van der Waals surface area contributed by atoms with Crippen molar-refractivity contribution in [1.29, 1.82) is 0 Å². The fraction of sp³-hybridized carbons (Fsp3) is 0.529. The molecule has 148 valence electrons. The number of carbonyl (C=O) groups excluding carboxylic acids is 1. The van der Waals surface area contributed by atoms with E-state index in [2.05, 4.69) is 26.8 Å². The first-order chi connectivity index (χ1) is 12.8. The van der Waals surface area contributed by atoms with Gasteiger partial charge in [-0.05, 0) is 45.0 Å². The summed E-state index contributed by atoms with van der Waals surface area (Å²) in [6.45, 7) is 5.22. The van der Waals surface area contributed by atoms with Gasteiger partial charge in [-0.15, -0.1) is 11.3 Å². The van der Waals surface area contributed by atoms with Gasteiger partial charge in [-0.1, -0.05) is 6.92 Å². The maximum Gasteiger partial charge on any atom is 0.274 e. The van der Waals surface area contributed by atoms with Crippen LogP contribution in [0.15, 0.2) is 22.5 Å². The van der Waals surface area contributed by atoms with Gasteiger partial charge in [-0.2, -0.15) is 0 Å². The zero-order valence-corrected chi connectivity index (χ0v) is 17.4. The van der Waals surface area contributed by atoms with Gasteiger partial charge in [0.15, 0.2) is 5.13 Å². The van der Waals surface area contributed by atoms with Crippen molar-refractivity contribution in [3.63, 3.8) is 0 Å². The first kappa shape index (κ1) is 20.0. The van der Waals surface area contributed by atoms with E-state index < -0.39 is 10.0 Å². The lowest BCUT2D eigenvalue weighted by molar-refractivity contribution is 0.101. The maximum absolute atomic E-state index is 12.5. The van der Waals surface area contributed by atoms with Crippen molar-refractivity contribution in [3.8, 4) is 0 Å². The summed E-state index contributed by atoms with van der Waals surface area (Å²) in [6.07, 6.45) is 3.82. The molecule has 1 aliphatic rings. The van der Waals surface area contributed by atoms with Crippen molar-refractivity contribution < 1.29 is 13.2 Å². The number of anilines is 1. The molecule has 1 saturated heterocycles. The topological polar surface area (TPSA) is 96.3 Å². The second-order valence-corrected chi connectivity index (χ2v) is 9.68. The number of nitrogens with zero attached hydrogens (tertiary/aromatic N) is 3. The molecule has 0 unspecified atom stereocenters. The molecule has 10 heteroatoms. The average molecular weight is 412 g/mol. The predicted octanol–water partition coefficient (Wildman–Crippen LogP) is 1.87. The second-order valence-electron chi connectivity index (χ2n) is 6.94. The van der Waals surface area contributed by atoms with Crippen molar-refractivity contribution in [2.24, 2.45) is 13.0 Å². The number of carbonyl (C=O) groups is 1. The van der Waals surface area contributed by atoms with E-state index in [1.54, 1.807) is 7.05 Å². The van der Waals surface area contributed by atoms with Gasteiger partial charge in [-0.3, -0.25) is 15.0 Å². The Labute approximate surface area is 163 Å².